The molecule has 1 unspecified atom stereocenters. The Morgan fingerprint density at radius 3 is 2.25 bits per heavy atom. The lowest BCUT2D eigenvalue weighted by Crippen LogP contribution is -2.14. The van der Waals surface area contributed by atoms with Crippen molar-refractivity contribution in [3.8, 4) is 5.75 Å². The largest absolute Gasteiger partial charge is 0.423 e. The number of rotatable bonds is 2. The van der Waals surface area contributed by atoms with Gasteiger partial charge in [-0.05, 0) is 18.6 Å². The minimum absolute atomic E-state index is 0.145. The van der Waals surface area contributed by atoms with E-state index in [0.717, 1.165) is 0 Å². The van der Waals surface area contributed by atoms with Crippen molar-refractivity contribution in [3.63, 3.8) is 0 Å². The normalized spacial score (nSPS) is 21.6. The lowest BCUT2D eigenvalue weighted by molar-refractivity contribution is -0.135. The SMILES string of the molecule is O=C(Oc1c(Cl)cccc1Cl)C1CC1(Cl)Cl. The quantitative estimate of drug-likeness (QED) is 0.467. The molecule has 0 aliphatic heterocycles. The van der Waals surface area contributed by atoms with Crippen LogP contribution in [0.5, 0.6) is 5.75 Å². The van der Waals surface area contributed by atoms with E-state index in [9.17, 15) is 4.79 Å². The van der Waals surface area contributed by atoms with Crippen LogP contribution in [0.15, 0.2) is 18.2 Å². The number of alkyl halides is 2. The van der Waals surface area contributed by atoms with Crippen LogP contribution in [0.25, 0.3) is 0 Å². The second-order valence-corrected chi connectivity index (χ2v) is 5.85. The molecular weight excluding hydrogens is 294 g/mol. The van der Waals surface area contributed by atoms with E-state index in [2.05, 4.69) is 0 Å². The highest BCUT2D eigenvalue weighted by Crippen LogP contribution is 2.54. The van der Waals surface area contributed by atoms with E-state index in [-0.39, 0.29) is 15.8 Å². The van der Waals surface area contributed by atoms with Gasteiger partial charge in [0, 0.05) is 0 Å². The first-order valence-electron chi connectivity index (χ1n) is 4.45. The Morgan fingerprint density at radius 1 is 1.31 bits per heavy atom. The van der Waals surface area contributed by atoms with E-state index in [0.29, 0.717) is 6.42 Å². The Hall–Kier alpha value is -0.150. The number of para-hydroxylation sites is 1. The molecule has 1 aromatic carbocycles. The first kappa shape index (κ1) is 12.3. The van der Waals surface area contributed by atoms with Gasteiger partial charge in [-0.1, -0.05) is 29.3 Å². The third-order valence-electron chi connectivity index (χ3n) is 2.23. The molecule has 1 aliphatic carbocycles. The number of hydrogen-bond donors (Lipinski definition) is 0. The molecule has 1 aromatic rings. The van der Waals surface area contributed by atoms with E-state index >= 15 is 0 Å². The Morgan fingerprint density at radius 2 is 1.81 bits per heavy atom. The maximum atomic E-state index is 11.6. The van der Waals surface area contributed by atoms with Crippen molar-refractivity contribution in [2.75, 3.05) is 0 Å². The Kier molecular flexibility index (Phi) is 3.28. The van der Waals surface area contributed by atoms with Crippen LogP contribution in [0, 0.1) is 5.92 Å². The zero-order valence-electron chi connectivity index (χ0n) is 7.84. The van der Waals surface area contributed by atoms with Crippen LogP contribution >= 0.6 is 46.4 Å². The van der Waals surface area contributed by atoms with Crippen molar-refractivity contribution in [2.45, 2.75) is 10.8 Å². The Balaban J connectivity index is 2.13. The highest BCUT2D eigenvalue weighted by atomic mass is 35.5. The van der Waals surface area contributed by atoms with Gasteiger partial charge >= 0.3 is 5.97 Å². The molecule has 2 nitrogen and oxygen atoms in total. The second-order valence-electron chi connectivity index (χ2n) is 3.49. The fraction of sp³-hybridized carbons (Fsp3) is 0.300. The van der Waals surface area contributed by atoms with Gasteiger partial charge in [0.05, 0.1) is 16.0 Å². The molecule has 2 rings (SSSR count). The zero-order valence-corrected chi connectivity index (χ0v) is 10.9. The molecule has 1 fully saturated rings. The van der Waals surface area contributed by atoms with Crippen LogP contribution in [0.1, 0.15) is 6.42 Å². The second kappa shape index (κ2) is 4.26. The van der Waals surface area contributed by atoms with Crippen LogP contribution in [0.4, 0.5) is 0 Å². The van der Waals surface area contributed by atoms with E-state index in [1.54, 1.807) is 18.2 Å². The average Bonchev–Trinajstić information content (AvgIpc) is 2.82. The Labute approximate surface area is 112 Å². The van der Waals surface area contributed by atoms with Gasteiger partial charge in [-0.25, -0.2) is 0 Å². The zero-order chi connectivity index (χ0) is 11.9. The minimum atomic E-state index is -1.01. The summed E-state index contributed by atoms with van der Waals surface area (Å²) in [5.41, 5.74) is 0. The molecule has 0 heterocycles. The van der Waals surface area contributed by atoms with E-state index in [4.69, 9.17) is 51.1 Å². The molecule has 0 saturated heterocycles. The summed E-state index contributed by atoms with van der Waals surface area (Å²) < 4.78 is 4.05. The summed E-state index contributed by atoms with van der Waals surface area (Å²) in [6.45, 7) is 0. The third kappa shape index (κ3) is 2.40. The van der Waals surface area contributed by atoms with Crippen molar-refractivity contribution in [3.05, 3.63) is 28.2 Å². The molecular formula is C10H6Cl4O2. The molecule has 0 aromatic heterocycles. The molecule has 1 aliphatic rings. The van der Waals surface area contributed by atoms with Gasteiger partial charge in [0.25, 0.3) is 0 Å². The molecule has 0 radical (unpaired) electrons. The van der Waals surface area contributed by atoms with E-state index in [1.165, 1.54) is 0 Å². The van der Waals surface area contributed by atoms with Crippen LogP contribution in [0.2, 0.25) is 10.0 Å². The predicted molar refractivity (Wildman–Crippen MR) is 64.6 cm³/mol. The van der Waals surface area contributed by atoms with Crippen molar-refractivity contribution < 1.29 is 9.53 Å². The molecule has 1 saturated carbocycles. The Bertz CT molecular complexity index is 424. The van der Waals surface area contributed by atoms with Crippen molar-refractivity contribution >= 4 is 52.4 Å². The van der Waals surface area contributed by atoms with Gasteiger partial charge in [-0.2, -0.15) is 0 Å². The highest BCUT2D eigenvalue weighted by molar-refractivity contribution is 6.52. The van der Waals surface area contributed by atoms with Crippen molar-refractivity contribution in [1.82, 2.24) is 0 Å². The fourth-order valence-corrected chi connectivity index (χ4v) is 2.18. The summed E-state index contributed by atoms with van der Waals surface area (Å²) in [7, 11) is 0. The van der Waals surface area contributed by atoms with E-state index < -0.39 is 16.2 Å². The van der Waals surface area contributed by atoms with Gasteiger partial charge in [0.15, 0.2) is 5.75 Å². The van der Waals surface area contributed by atoms with Gasteiger partial charge in [-0.15, -0.1) is 23.2 Å². The van der Waals surface area contributed by atoms with Crippen LogP contribution in [-0.4, -0.2) is 10.3 Å². The number of halogens is 4. The van der Waals surface area contributed by atoms with Gasteiger partial charge in [-0.3, -0.25) is 4.79 Å². The maximum Gasteiger partial charge on any atom is 0.317 e. The number of benzene rings is 1. The van der Waals surface area contributed by atoms with E-state index in [1.807, 2.05) is 0 Å². The average molecular weight is 300 g/mol. The van der Waals surface area contributed by atoms with Crippen molar-refractivity contribution in [2.24, 2.45) is 5.92 Å². The molecule has 6 heteroatoms. The van der Waals surface area contributed by atoms with Crippen LogP contribution < -0.4 is 4.74 Å². The number of carbonyl (C=O) groups excluding carboxylic acids is 1. The molecule has 86 valence electrons. The fourth-order valence-electron chi connectivity index (χ4n) is 1.22. The summed E-state index contributed by atoms with van der Waals surface area (Å²) in [5, 5.41) is 0.549. The maximum absolute atomic E-state index is 11.6. The van der Waals surface area contributed by atoms with Gasteiger partial charge < -0.3 is 4.74 Å². The minimum Gasteiger partial charge on any atom is -0.423 e. The topological polar surface area (TPSA) is 26.3 Å². The molecule has 1 atom stereocenters. The number of carbonyl (C=O) groups is 1. The smallest absolute Gasteiger partial charge is 0.317 e. The lowest BCUT2D eigenvalue weighted by atomic mass is 10.3. The molecule has 0 bridgehead atoms. The molecule has 0 amide bonds. The van der Waals surface area contributed by atoms with Crippen LogP contribution in [0.3, 0.4) is 0 Å². The monoisotopic (exact) mass is 298 g/mol. The summed E-state index contributed by atoms with van der Waals surface area (Å²) in [6.07, 6.45) is 0.386. The summed E-state index contributed by atoms with van der Waals surface area (Å²) in [4.78, 5) is 11.6. The summed E-state index contributed by atoms with van der Waals surface area (Å²) in [5.74, 6) is -0.880. The third-order valence-corrected chi connectivity index (χ3v) is 3.66. The number of ether oxygens (including phenoxy) is 1. The van der Waals surface area contributed by atoms with Crippen molar-refractivity contribution in [1.29, 1.82) is 0 Å². The predicted octanol–water partition coefficient (Wildman–Crippen LogP) is 4.09. The standard InChI is InChI=1S/C10H6Cl4O2/c11-6-2-1-3-7(12)8(6)16-9(15)5-4-10(5,13)14/h1-3,5H,4H2. The first-order valence-corrected chi connectivity index (χ1v) is 5.96. The number of esters is 1. The van der Waals surface area contributed by atoms with Gasteiger partial charge in [0.2, 0.25) is 0 Å². The molecule has 16 heavy (non-hydrogen) atoms. The van der Waals surface area contributed by atoms with Crippen LogP contribution in [-0.2, 0) is 4.79 Å². The number of hydrogen-bond acceptors (Lipinski definition) is 2. The molecule has 0 N–H and O–H groups in total. The highest BCUT2D eigenvalue weighted by Gasteiger charge is 2.57. The summed E-state index contributed by atoms with van der Waals surface area (Å²) in [6, 6.07) is 4.82. The van der Waals surface area contributed by atoms with Gasteiger partial charge in [0.1, 0.15) is 4.33 Å². The lowest BCUT2D eigenvalue weighted by Gasteiger charge is -2.07. The molecule has 0 spiro atoms. The summed E-state index contributed by atoms with van der Waals surface area (Å²) >= 11 is 23.2. The first-order chi connectivity index (χ1) is 7.42.